The molecule has 0 spiro atoms. The lowest BCUT2D eigenvalue weighted by Crippen LogP contribution is -2.40. The number of nitrogens with zero attached hydrogens (tertiary/aromatic N) is 1. The predicted molar refractivity (Wildman–Crippen MR) is 81.4 cm³/mol. The van der Waals surface area contributed by atoms with Crippen LogP contribution in [0.5, 0.6) is 0 Å². The van der Waals surface area contributed by atoms with E-state index in [4.69, 9.17) is 0 Å². The molecule has 1 aliphatic heterocycles. The molecule has 1 heterocycles. The Morgan fingerprint density at radius 1 is 0.955 bits per heavy atom. The van der Waals surface area contributed by atoms with E-state index in [1.807, 2.05) is 37.3 Å². The summed E-state index contributed by atoms with van der Waals surface area (Å²) in [6.07, 6.45) is 5.66. The van der Waals surface area contributed by atoms with Gasteiger partial charge in [0.05, 0.1) is 17.9 Å². The fraction of sp³-hybridized carbons (Fsp3) is 0.474. The topological polar surface area (TPSA) is 37.4 Å². The molecule has 0 N–H and O–H groups in total. The molecule has 1 aromatic rings. The van der Waals surface area contributed by atoms with Crippen molar-refractivity contribution in [3.8, 4) is 0 Å². The summed E-state index contributed by atoms with van der Waals surface area (Å²) < 4.78 is 0. The van der Waals surface area contributed by atoms with E-state index in [1.165, 1.54) is 6.42 Å². The number of hydrogen-bond donors (Lipinski definition) is 0. The van der Waals surface area contributed by atoms with Crippen LogP contribution in [-0.4, -0.2) is 16.7 Å². The highest BCUT2D eigenvalue weighted by atomic mass is 16.2. The first-order chi connectivity index (χ1) is 10.7. The van der Waals surface area contributed by atoms with E-state index in [-0.39, 0.29) is 29.7 Å². The van der Waals surface area contributed by atoms with Crippen LogP contribution in [0, 0.1) is 35.5 Å². The molecule has 0 unspecified atom stereocenters. The van der Waals surface area contributed by atoms with E-state index in [0.29, 0.717) is 23.7 Å². The Kier molecular flexibility index (Phi) is 2.35. The van der Waals surface area contributed by atoms with Crippen molar-refractivity contribution < 1.29 is 9.59 Å². The molecule has 1 saturated heterocycles. The van der Waals surface area contributed by atoms with Crippen molar-refractivity contribution in [2.24, 2.45) is 35.5 Å². The molecule has 3 heteroatoms. The van der Waals surface area contributed by atoms with Crippen LogP contribution in [0.2, 0.25) is 0 Å². The van der Waals surface area contributed by atoms with Gasteiger partial charge >= 0.3 is 0 Å². The number of rotatable bonds is 2. The number of imide groups is 1. The minimum Gasteiger partial charge on any atom is -0.275 e. The summed E-state index contributed by atoms with van der Waals surface area (Å²) in [6.45, 7) is 1.97. The third kappa shape index (κ3) is 1.42. The summed E-state index contributed by atoms with van der Waals surface area (Å²) in [7, 11) is 0. The van der Waals surface area contributed by atoms with Crippen molar-refractivity contribution in [3.63, 3.8) is 0 Å². The van der Waals surface area contributed by atoms with Gasteiger partial charge in [-0.25, -0.2) is 0 Å². The summed E-state index contributed by atoms with van der Waals surface area (Å²) in [4.78, 5) is 27.5. The molecule has 5 aliphatic rings. The molecule has 6 rings (SSSR count). The van der Waals surface area contributed by atoms with Gasteiger partial charge in [-0.05, 0) is 42.6 Å². The number of benzene rings is 1. The van der Waals surface area contributed by atoms with E-state index in [0.717, 1.165) is 5.56 Å². The lowest BCUT2D eigenvalue weighted by molar-refractivity contribution is -0.142. The van der Waals surface area contributed by atoms with Crippen molar-refractivity contribution in [1.82, 2.24) is 4.90 Å². The summed E-state index contributed by atoms with van der Waals surface area (Å²) >= 11 is 0. The average molecular weight is 293 g/mol. The number of amides is 2. The SMILES string of the molecule is C[C@H](c1ccccc1)N1C(=O)[C@H]2[C@@H]3C=C[C@H]([C@@H]4C[C@H]34)[C@@H]2C1=O. The van der Waals surface area contributed by atoms with Gasteiger partial charge in [0.2, 0.25) is 11.8 Å². The third-order valence-corrected chi connectivity index (χ3v) is 6.37. The van der Waals surface area contributed by atoms with Crippen LogP contribution in [0.15, 0.2) is 42.5 Å². The van der Waals surface area contributed by atoms with Crippen LogP contribution < -0.4 is 0 Å². The normalized spacial score (nSPS) is 42.3. The van der Waals surface area contributed by atoms with Gasteiger partial charge in [-0.2, -0.15) is 0 Å². The minimum absolute atomic E-state index is 0.0658. The lowest BCUT2D eigenvalue weighted by Gasteiger charge is -2.37. The number of hydrogen-bond acceptors (Lipinski definition) is 2. The maximum absolute atomic E-state index is 13.0. The highest BCUT2D eigenvalue weighted by molar-refractivity contribution is 6.06. The summed E-state index contributed by atoms with van der Waals surface area (Å²) in [5, 5.41) is 0. The molecular weight excluding hydrogens is 274 g/mol. The fourth-order valence-corrected chi connectivity index (χ4v) is 5.24. The number of carbonyl (C=O) groups excluding carboxylic acids is 2. The van der Waals surface area contributed by atoms with Crippen molar-refractivity contribution >= 4 is 11.8 Å². The summed E-state index contributed by atoms with van der Waals surface area (Å²) in [5.41, 5.74) is 1.04. The third-order valence-electron chi connectivity index (χ3n) is 6.37. The highest BCUT2D eigenvalue weighted by Crippen LogP contribution is 2.65. The second-order valence-electron chi connectivity index (χ2n) is 7.29. The van der Waals surface area contributed by atoms with Crippen LogP contribution in [0.3, 0.4) is 0 Å². The second-order valence-corrected chi connectivity index (χ2v) is 7.29. The number of allylic oxidation sites excluding steroid dienone is 2. The highest BCUT2D eigenvalue weighted by Gasteiger charge is 2.67. The molecule has 3 nitrogen and oxygen atoms in total. The Hall–Kier alpha value is -1.90. The van der Waals surface area contributed by atoms with Crippen LogP contribution in [0.25, 0.3) is 0 Å². The minimum atomic E-state index is -0.164. The quantitative estimate of drug-likeness (QED) is 0.621. The van der Waals surface area contributed by atoms with Crippen molar-refractivity contribution in [2.75, 3.05) is 0 Å². The van der Waals surface area contributed by atoms with Crippen LogP contribution >= 0.6 is 0 Å². The maximum atomic E-state index is 13.0. The van der Waals surface area contributed by atoms with E-state index >= 15 is 0 Å². The molecule has 7 atom stereocenters. The van der Waals surface area contributed by atoms with Crippen molar-refractivity contribution in [1.29, 1.82) is 0 Å². The standard InChI is InChI=1S/C19H19NO2/c1-10(11-5-3-2-4-6-11)20-18(21)16-12-7-8-13(15-9-14(12)15)17(16)19(20)22/h2-8,10,12-17H,9H2,1H3/t10-,12-,13-,14-,15+,16+,17+/m1/s1. The Bertz CT molecular complexity index is 659. The Balaban J connectivity index is 1.52. The molecule has 1 aromatic carbocycles. The van der Waals surface area contributed by atoms with Gasteiger partial charge in [0, 0.05) is 0 Å². The zero-order valence-corrected chi connectivity index (χ0v) is 12.6. The molecule has 2 saturated carbocycles. The fourth-order valence-electron chi connectivity index (χ4n) is 5.24. The molecule has 4 aliphatic carbocycles. The van der Waals surface area contributed by atoms with Crippen LogP contribution in [0.1, 0.15) is 24.9 Å². The van der Waals surface area contributed by atoms with Gasteiger partial charge in [-0.1, -0.05) is 42.5 Å². The number of likely N-dealkylation sites (tertiary alicyclic amines) is 1. The molecule has 22 heavy (non-hydrogen) atoms. The maximum Gasteiger partial charge on any atom is 0.234 e. The van der Waals surface area contributed by atoms with E-state index in [9.17, 15) is 9.59 Å². The molecule has 2 bridgehead atoms. The predicted octanol–water partition coefficient (Wildman–Crippen LogP) is 2.80. The first-order valence-corrected chi connectivity index (χ1v) is 8.28. The first kappa shape index (κ1) is 12.6. The smallest absolute Gasteiger partial charge is 0.234 e. The lowest BCUT2D eigenvalue weighted by atomic mass is 9.63. The monoisotopic (exact) mass is 293 g/mol. The van der Waals surface area contributed by atoms with Gasteiger partial charge in [0.15, 0.2) is 0 Å². The Morgan fingerprint density at radius 2 is 1.50 bits per heavy atom. The first-order valence-electron chi connectivity index (χ1n) is 8.28. The van der Waals surface area contributed by atoms with Gasteiger partial charge < -0.3 is 0 Å². The molecule has 0 aromatic heterocycles. The molecular formula is C19H19NO2. The second kappa shape index (κ2) is 4.09. The van der Waals surface area contributed by atoms with Crippen molar-refractivity contribution in [3.05, 3.63) is 48.0 Å². The molecule has 3 fully saturated rings. The Morgan fingerprint density at radius 3 is 2.05 bits per heavy atom. The van der Waals surface area contributed by atoms with Gasteiger partial charge in [0.25, 0.3) is 0 Å². The Labute approximate surface area is 130 Å². The van der Waals surface area contributed by atoms with Gasteiger partial charge in [0.1, 0.15) is 0 Å². The largest absolute Gasteiger partial charge is 0.275 e. The van der Waals surface area contributed by atoms with Gasteiger partial charge in [-0.3, -0.25) is 14.5 Å². The van der Waals surface area contributed by atoms with E-state index in [2.05, 4.69) is 12.2 Å². The van der Waals surface area contributed by atoms with E-state index < -0.39 is 0 Å². The molecule has 0 radical (unpaired) electrons. The van der Waals surface area contributed by atoms with E-state index in [1.54, 1.807) is 4.90 Å². The van der Waals surface area contributed by atoms with Crippen LogP contribution in [-0.2, 0) is 9.59 Å². The zero-order chi connectivity index (χ0) is 15.0. The van der Waals surface area contributed by atoms with Crippen LogP contribution in [0.4, 0.5) is 0 Å². The van der Waals surface area contributed by atoms with Gasteiger partial charge in [-0.15, -0.1) is 0 Å². The van der Waals surface area contributed by atoms with Crippen molar-refractivity contribution in [2.45, 2.75) is 19.4 Å². The number of carbonyl (C=O) groups is 2. The zero-order valence-electron chi connectivity index (χ0n) is 12.6. The summed E-state index contributed by atoms with van der Waals surface area (Å²) in [6, 6.07) is 9.72. The molecule has 2 amide bonds. The average Bonchev–Trinajstić information content (AvgIpc) is 3.32. The molecule has 112 valence electrons. The summed E-state index contributed by atoms with van der Waals surface area (Å²) in [5.74, 6) is 1.91.